The van der Waals surface area contributed by atoms with Crippen LogP contribution in [0.3, 0.4) is 0 Å². The van der Waals surface area contributed by atoms with Crippen LogP contribution < -0.4 is 0 Å². The first-order valence-electron chi connectivity index (χ1n) is 12.0. The molecule has 6 heteroatoms. The molecule has 0 saturated heterocycles. The number of methoxy groups -OCH3 is 2. The molecule has 0 amide bonds. The van der Waals surface area contributed by atoms with Crippen molar-refractivity contribution < 1.29 is 23.5 Å². The van der Waals surface area contributed by atoms with E-state index in [2.05, 4.69) is 0 Å². The van der Waals surface area contributed by atoms with Crippen LogP contribution in [0.15, 0.2) is 47.8 Å². The fourth-order valence-corrected chi connectivity index (χ4v) is 7.42. The molecular formula is C27H32FNO4. The first-order valence-corrected chi connectivity index (χ1v) is 12.0. The molecule has 1 aromatic rings. The second-order valence-corrected chi connectivity index (χ2v) is 10.5. The summed E-state index contributed by atoms with van der Waals surface area (Å²) in [6.45, 7) is 0.725. The van der Waals surface area contributed by atoms with Crippen LogP contribution >= 0.6 is 0 Å². The Hall–Kier alpha value is -2.63. The van der Waals surface area contributed by atoms with Crippen LogP contribution in [0.4, 0.5) is 4.39 Å². The van der Waals surface area contributed by atoms with Crippen molar-refractivity contribution in [2.75, 3.05) is 20.8 Å². The molecule has 0 unspecified atom stereocenters. The Morgan fingerprint density at radius 1 is 0.970 bits per heavy atom. The van der Waals surface area contributed by atoms with Crippen LogP contribution in [0.25, 0.3) is 0 Å². The lowest BCUT2D eigenvalue weighted by atomic mass is 9.49. The van der Waals surface area contributed by atoms with Crippen LogP contribution in [-0.2, 0) is 19.1 Å². The second-order valence-electron chi connectivity index (χ2n) is 10.5. The van der Waals surface area contributed by atoms with Gasteiger partial charge in [0.05, 0.1) is 31.3 Å². The number of esters is 2. The zero-order valence-corrected chi connectivity index (χ0v) is 19.4. The molecular weight excluding hydrogens is 421 g/mol. The predicted octanol–water partition coefficient (Wildman–Crippen LogP) is 4.95. The highest BCUT2D eigenvalue weighted by atomic mass is 19.1. The lowest BCUT2D eigenvalue weighted by Gasteiger charge is -2.57. The first kappa shape index (κ1) is 22.2. The molecule has 4 saturated carbocycles. The highest BCUT2D eigenvalue weighted by Gasteiger charge is 2.50. The Morgan fingerprint density at radius 2 is 1.52 bits per heavy atom. The van der Waals surface area contributed by atoms with Crippen LogP contribution in [-0.4, -0.2) is 37.6 Å². The van der Waals surface area contributed by atoms with Gasteiger partial charge in [0.15, 0.2) is 0 Å². The average molecular weight is 454 g/mol. The Bertz CT molecular complexity index is 944. The molecule has 4 bridgehead atoms. The number of carbonyl (C=O) groups excluding carboxylic acids is 2. The van der Waals surface area contributed by atoms with Gasteiger partial charge in [0.25, 0.3) is 0 Å². The number of hydrogen-bond donors (Lipinski definition) is 0. The molecule has 5 aliphatic rings. The number of benzene rings is 1. The summed E-state index contributed by atoms with van der Waals surface area (Å²) in [6, 6.07) is 5.98. The molecule has 0 radical (unpaired) electrons. The van der Waals surface area contributed by atoms with E-state index in [1.165, 1.54) is 64.9 Å². The summed E-state index contributed by atoms with van der Waals surface area (Å²) >= 11 is 0. The zero-order valence-electron chi connectivity index (χ0n) is 19.4. The van der Waals surface area contributed by atoms with Gasteiger partial charge in [-0.2, -0.15) is 0 Å². The van der Waals surface area contributed by atoms with Gasteiger partial charge in [-0.1, -0.05) is 12.1 Å². The predicted molar refractivity (Wildman–Crippen MR) is 121 cm³/mol. The topological polar surface area (TPSA) is 55.8 Å². The molecule has 4 aliphatic carbocycles. The number of carbonyl (C=O) groups is 2. The minimum absolute atomic E-state index is 0.316. The van der Waals surface area contributed by atoms with E-state index in [0.29, 0.717) is 22.1 Å². The highest BCUT2D eigenvalue weighted by Crippen LogP contribution is 2.61. The van der Waals surface area contributed by atoms with Crippen LogP contribution in [0, 0.1) is 29.0 Å². The van der Waals surface area contributed by atoms with Crippen molar-refractivity contribution in [2.45, 2.75) is 50.9 Å². The van der Waals surface area contributed by atoms with Crippen molar-refractivity contribution in [3.8, 4) is 0 Å². The molecule has 33 heavy (non-hydrogen) atoms. The van der Waals surface area contributed by atoms with E-state index in [0.717, 1.165) is 30.7 Å². The second kappa shape index (κ2) is 8.62. The summed E-state index contributed by atoms with van der Waals surface area (Å²) in [6.07, 6.45) is 12.7. The molecule has 0 atom stereocenters. The summed E-state index contributed by atoms with van der Waals surface area (Å²) in [5.74, 6) is 0.394. The van der Waals surface area contributed by atoms with Gasteiger partial charge < -0.3 is 14.4 Å². The number of hydrogen-bond acceptors (Lipinski definition) is 5. The SMILES string of the molecule is COC(=O)C1=CN(CCC23CC4CC(CC(C4)C2)C3)C=C(C(=O)OC)C1c1cccc(F)c1. The standard InChI is InChI=1S/C27H32FNO4/c1-32-25(30)22-15-29(7-6-27-12-17-8-18(13-27)10-19(9-17)14-27)16-23(26(31)33-2)24(22)20-4-3-5-21(28)11-20/h3-5,11,15-19,24H,6-10,12-14H2,1-2H3. The molecule has 1 aliphatic heterocycles. The van der Waals surface area contributed by atoms with E-state index in [1.807, 2.05) is 4.90 Å². The third kappa shape index (κ3) is 4.20. The quantitative estimate of drug-likeness (QED) is 0.571. The van der Waals surface area contributed by atoms with E-state index in [1.54, 1.807) is 24.5 Å². The maximum absolute atomic E-state index is 14.0. The fourth-order valence-electron chi connectivity index (χ4n) is 7.42. The molecule has 0 N–H and O–H groups in total. The number of halogens is 1. The maximum atomic E-state index is 14.0. The number of nitrogens with zero attached hydrogens (tertiary/aromatic N) is 1. The molecule has 1 heterocycles. The van der Waals surface area contributed by atoms with E-state index in [-0.39, 0.29) is 0 Å². The van der Waals surface area contributed by atoms with Crippen molar-refractivity contribution in [2.24, 2.45) is 23.2 Å². The van der Waals surface area contributed by atoms with Gasteiger partial charge in [0.1, 0.15) is 5.82 Å². The maximum Gasteiger partial charge on any atom is 0.336 e. The Labute approximate surface area is 194 Å². The zero-order chi connectivity index (χ0) is 23.2. The Kier molecular flexibility index (Phi) is 5.79. The molecule has 0 aromatic heterocycles. The number of rotatable bonds is 6. The molecule has 4 fully saturated rings. The third-order valence-electron chi connectivity index (χ3n) is 8.32. The van der Waals surface area contributed by atoms with Crippen molar-refractivity contribution >= 4 is 11.9 Å². The normalized spacial score (nSPS) is 30.6. The summed E-state index contributed by atoms with van der Waals surface area (Å²) < 4.78 is 24.1. The van der Waals surface area contributed by atoms with Crippen molar-refractivity contribution in [1.82, 2.24) is 4.90 Å². The van der Waals surface area contributed by atoms with E-state index in [9.17, 15) is 14.0 Å². The van der Waals surface area contributed by atoms with Crippen molar-refractivity contribution in [3.63, 3.8) is 0 Å². The smallest absolute Gasteiger partial charge is 0.336 e. The molecule has 1 aromatic carbocycles. The minimum Gasteiger partial charge on any atom is -0.466 e. The third-order valence-corrected chi connectivity index (χ3v) is 8.32. The van der Waals surface area contributed by atoms with Crippen LogP contribution in [0.2, 0.25) is 0 Å². The van der Waals surface area contributed by atoms with Gasteiger partial charge in [-0.15, -0.1) is 0 Å². The van der Waals surface area contributed by atoms with Gasteiger partial charge in [-0.25, -0.2) is 14.0 Å². The molecule has 6 rings (SSSR count). The van der Waals surface area contributed by atoms with E-state index >= 15 is 0 Å². The summed E-state index contributed by atoms with van der Waals surface area (Å²) in [5.41, 5.74) is 1.53. The Balaban J connectivity index is 1.44. The summed E-state index contributed by atoms with van der Waals surface area (Å²) in [4.78, 5) is 27.5. The highest BCUT2D eigenvalue weighted by molar-refractivity contribution is 5.98. The minimum atomic E-state index is -0.739. The monoisotopic (exact) mass is 453 g/mol. The summed E-state index contributed by atoms with van der Waals surface area (Å²) in [7, 11) is 2.64. The van der Waals surface area contributed by atoms with Gasteiger partial charge in [-0.3, -0.25) is 0 Å². The van der Waals surface area contributed by atoms with E-state index in [4.69, 9.17) is 9.47 Å². The van der Waals surface area contributed by atoms with Crippen LogP contribution in [0.5, 0.6) is 0 Å². The first-order chi connectivity index (χ1) is 15.9. The van der Waals surface area contributed by atoms with Gasteiger partial charge in [0, 0.05) is 18.9 Å². The Morgan fingerprint density at radius 3 is 2.00 bits per heavy atom. The van der Waals surface area contributed by atoms with Crippen LogP contribution in [0.1, 0.15) is 56.4 Å². The lowest BCUT2D eigenvalue weighted by molar-refractivity contribution is -0.137. The van der Waals surface area contributed by atoms with Gasteiger partial charge in [0.2, 0.25) is 0 Å². The van der Waals surface area contributed by atoms with Gasteiger partial charge in [-0.05, 0) is 85.8 Å². The molecule has 5 nitrogen and oxygen atoms in total. The fraction of sp³-hybridized carbons (Fsp3) is 0.556. The molecule has 0 spiro atoms. The van der Waals surface area contributed by atoms with E-state index < -0.39 is 23.7 Å². The van der Waals surface area contributed by atoms with Crippen molar-refractivity contribution in [3.05, 3.63) is 59.2 Å². The lowest BCUT2D eigenvalue weighted by Crippen LogP contribution is -2.47. The average Bonchev–Trinajstić information content (AvgIpc) is 2.80. The largest absolute Gasteiger partial charge is 0.466 e. The summed E-state index contributed by atoms with van der Waals surface area (Å²) in [5, 5.41) is 0. The number of ether oxygens (including phenoxy) is 2. The van der Waals surface area contributed by atoms with Crippen molar-refractivity contribution in [1.29, 1.82) is 0 Å². The van der Waals surface area contributed by atoms with Gasteiger partial charge >= 0.3 is 11.9 Å². The molecule has 176 valence electrons.